The van der Waals surface area contributed by atoms with Crippen LogP contribution in [-0.4, -0.2) is 17.9 Å². The molecule has 3 amide bonds. The molecule has 7 nitrogen and oxygen atoms in total. The molecule has 0 radical (unpaired) electrons. The number of carbonyl (C=O) groups is 3. The maximum absolute atomic E-state index is 12.0. The Labute approximate surface area is 128 Å². The molecule has 1 aromatic rings. The minimum atomic E-state index is -1.21. The number of rotatable bonds is 3. The molecule has 7 heteroatoms. The molecule has 0 aromatic heterocycles. The van der Waals surface area contributed by atoms with E-state index in [4.69, 9.17) is 0 Å². The third kappa shape index (κ3) is 4.21. The van der Waals surface area contributed by atoms with E-state index in [1.807, 2.05) is 6.07 Å². The zero-order valence-corrected chi connectivity index (χ0v) is 12.0. The highest BCUT2D eigenvalue weighted by Gasteiger charge is 2.31. The van der Waals surface area contributed by atoms with Crippen molar-refractivity contribution in [2.45, 2.75) is 25.7 Å². The molecule has 0 saturated heterocycles. The second kappa shape index (κ2) is 7.44. The van der Waals surface area contributed by atoms with Crippen molar-refractivity contribution < 1.29 is 19.5 Å². The Morgan fingerprint density at radius 3 is 2.23 bits per heavy atom. The summed E-state index contributed by atoms with van der Waals surface area (Å²) in [5.74, 6) is -3.19. The van der Waals surface area contributed by atoms with Gasteiger partial charge in [0.1, 0.15) is 0 Å². The van der Waals surface area contributed by atoms with Crippen LogP contribution in [0.15, 0.2) is 30.3 Å². The van der Waals surface area contributed by atoms with Gasteiger partial charge in [0.15, 0.2) is 0 Å². The molecule has 0 unspecified atom stereocenters. The van der Waals surface area contributed by atoms with Gasteiger partial charge in [0.05, 0.1) is 0 Å². The molecule has 0 aliphatic heterocycles. The number of carboxylic acids is 1. The Morgan fingerprint density at radius 1 is 0.955 bits per heavy atom. The number of carbonyl (C=O) groups excluding carboxylic acids is 3. The topological polar surface area (TPSA) is 110 Å². The van der Waals surface area contributed by atoms with Crippen LogP contribution in [0.2, 0.25) is 0 Å². The molecule has 2 atom stereocenters. The van der Waals surface area contributed by atoms with Gasteiger partial charge in [-0.25, -0.2) is 10.2 Å². The highest BCUT2D eigenvalue weighted by Crippen LogP contribution is 2.29. The predicted octanol–water partition coefficient (Wildman–Crippen LogP) is 0.396. The van der Waals surface area contributed by atoms with Crippen LogP contribution < -0.4 is 21.3 Å². The molecule has 118 valence electrons. The first-order valence-corrected chi connectivity index (χ1v) is 7.20. The molecule has 1 fully saturated rings. The lowest BCUT2D eigenvalue weighted by atomic mass is 9.79. The first kappa shape index (κ1) is 15.8. The number of hydrazine groups is 1. The molecular weight excluding hydrogens is 286 g/mol. The number of hydrogen-bond acceptors (Lipinski definition) is 4. The Kier molecular flexibility index (Phi) is 5.35. The zero-order chi connectivity index (χ0) is 15.9. The number of carboxylic acid groups (broad SMARTS) is 1. The maximum atomic E-state index is 12.0. The summed E-state index contributed by atoms with van der Waals surface area (Å²) in [5, 5.41) is 13.6. The molecule has 0 spiro atoms. The van der Waals surface area contributed by atoms with Crippen molar-refractivity contribution in [2.75, 3.05) is 5.32 Å². The lowest BCUT2D eigenvalue weighted by Gasteiger charge is -2.31. The van der Waals surface area contributed by atoms with Crippen molar-refractivity contribution in [3.05, 3.63) is 30.3 Å². The van der Waals surface area contributed by atoms with Crippen molar-refractivity contribution in [2.24, 2.45) is 11.8 Å². The number of benzene rings is 1. The number of urea groups is 1. The molecular formula is C15H18N3O4-. The van der Waals surface area contributed by atoms with Crippen LogP contribution in [0.1, 0.15) is 25.7 Å². The van der Waals surface area contributed by atoms with Crippen LogP contribution in [0, 0.1) is 11.8 Å². The van der Waals surface area contributed by atoms with E-state index < -0.39 is 29.7 Å². The standard InChI is InChI=1S/C15H19N3O4/c19-13(11-8-4-5-9-12(11)14(20)21)17-18-15(22)16-10-6-2-1-3-7-10/h1-3,6-7,11-12H,4-5,8-9H2,(H,17,19)(H,20,21)(H2,16,18,22)/p-1/t11-,12+/m0/s1. The molecule has 2 rings (SSSR count). The largest absolute Gasteiger partial charge is 0.550 e. The predicted molar refractivity (Wildman–Crippen MR) is 77.2 cm³/mol. The van der Waals surface area contributed by atoms with Gasteiger partial charge in [-0.05, 0) is 25.0 Å². The Balaban J connectivity index is 1.83. The van der Waals surface area contributed by atoms with E-state index in [2.05, 4.69) is 16.2 Å². The summed E-state index contributed by atoms with van der Waals surface area (Å²) in [7, 11) is 0. The molecule has 1 aliphatic carbocycles. The van der Waals surface area contributed by atoms with Crippen LogP contribution in [-0.2, 0) is 9.59 Å². The number of para-hydroxylation sites is 1. The van der Waals surface area contributed by atoms with Gasteiger partial charge >= 0.3 is 6.03 Å². The van der Waals surface area contributed by atoms with Crippen molar-refractivity contribution in [3.63, 3.8) is 0 Å². The second-order valence-corrected chi connectivity index (χ2v) is 5.25. The van der Waals surface area contributed by atoms with E-state index in [-0.39, 0.29) is 0 Å². The molecule has 1 aliphatic rings. The molecule has 1 aromatic carbocycles. The SMILES string of the molecule is O=C(NNC(=O)[C@H]1CCCC[C@H]1C(=O)[O-])Nc1ccccc1. The van der Waals surface area contributed by atoms with Crippen LogP contribution in [0.25, 0.3) is 0 Å². The minimum Gasteiger partial charge on any atom is -0.550 e. The third-order valence-electron chi connectivity index (χ3n) is 3.74. The normalized spacial score (nSPS) is 20.7. The summed E-state index contributed by atoms with van der Waals surface area (Å²) in [6.45, 7) is 0. The van der Waals surface area contributed by atoms with Crippen LogP contribution in [0.4, 0.5) is 10.5 Å². The van der Waals surface area contributed by atoms with Gasteiger partial charge in [-0.2, -0.15) is 0 Å². The van der Waals surface area contributed by atoms with Crippen molar-refractivity contribution in [1.82, 2.24) is 10.9 Å². The summed E-state index contributed by atoms with van der Waals surface area (Å²) in [5.41, 5.74) is 5.07. The quantitative estimate of drug-likeness (QED) is 0.702. The Bertz CT molecular complexity index is 547. The molecule has 0 heterocycles. The highest BCUT2D eigenvalue weighted by molar-refractivity contribution is 5.91. The van der Waals surface area contributed by atoms with Crippen molar-refractivity contribution >= 4 is 23.6 Å². The third-order valence-corrected chi connectivity index (χ3v) is 3.74. The van der Waals surface area contributed by atoms with E-state index >= 15 is 0 Å². The lowest BCUT2D eigenvalue weighted by Crippen LogP contribution is -2.50. The van der Waals surface area contributed by atoms with Gasteiger partial charge in [-0.3, -0.25) is 10.2 Å². The lowest BCUT2D eigenvalue weighted by molar-refractivity contribution is -0.314. The van der Waals surface area contributed by atoms with E-state index in [1.54, 1.807) is 24.3 Å². The molecule has 1 saturated carbocycles. The summed E-state index contributed by atoms with van der Waals surface area (Å²) in [6.07, 6.45) is 2.46. The van der Waals surface area contributed by atoms with E-state index in [1.165, 1.54) is 0 Å². The zero-order valence-electron chi connectivity index (χ0n) is 12.0. The average Bonchev–Trinajstić information content (AvgIpc) is 2.53. The second-order valence-electron chi connectivity index (χ2n) is 5.25. The first-order valence-electron chi connectivity index (χ1n) is 7.20. The van der Waals surface area contributed by atoms with E-state index in [0.29, 0.717) is 18.5 Å². The number of anilines is 1. The van der Waals surface area contributed by atoms with Gasteiger partial charge in [0, 0.05) is 23.5 Å². The van der Waals surface area contributed by atoms with E-state index in [9.17, 15) is 19.5 Å². The van der Waals surface area contributed by atoms with Crippen LogP contribution >= 0.6 is 0 Å². The number of aliphatic carboxylic acids is 1. The Morgan fingerprint density at radius 2 is 1.59 bits per heavy atom. The molecule has 3 N–H and O–H groups in total. The Hall–Kier alpha value is -2.57. The molecule has 22 heavy (non-hydrogen) atoms. The first-order chi connectivity index (χ1) is 10.6. The van der Waals surface area contributed by atoms with Crippen LogP contribution in [0.3, 0.4) is 0 Å². The van der Waals surface area contributed by atoms with Gasteiger partial charge in [0.25, 0.3) is 0 Å². The van der Waals surface area contributed by atoms with Crippen molar-refractivity contribution in [1.29, 1.82) is 0 Å². The summed E-state index contributed by atoms with van der Waals surface area (Å²) in [6, 6.07) is 8.15. The monoisotopic (exact) mass is 304 g/mol. The maximum Gasteiger partial charge on any atom is 0.337 e. The number of hydrogen-bond donors (Lipinski definition) is 3. The number of amides is 3. The fourth-order valence-corrected chi connectivity index (χ4v) is 2.62. The smallest absolute Gasteiger partial charge is 0.337 e. The number of nitrogens with one attached hydrogen (secondary N) is 3. The van der Waals surface area contributed by atoms with Gasteiger partial charge in [-0.1, -0.05) is 31.0 Å². The van der Waals surface area contributed by atoms with E-state index in [0.717, 1.165) is 12.8 Å². The fraction of sp³-hybridized carbons (Fsp3) is 0.400. The van der Waals surface area contributed by atoms with Gasteiger partial charge < -0.3 is 15.2 Å². The minimum absolute atomic E-state index is 0.427. The summed E-state index contributed by atoms with van der Waals surface area (Å²) < 4.78 is 0. The fourth-order valence-electron chi connectivity index (χ4n) is 2.62. The highest BCUT2D eigenvalue weighted by atomic mass is 16.4. The summed E-state index contributed by atoms with van der Waals surface area (Å²) in [4.78, 5) is 34.7. The average molecular weight is 304 g/mol. The molecule has 0 bridgehead atoms. The van der Waals surface area contributed by atoms with Crippen molar-refractivity contribution in [3.8, 4) is 0 Å². The van der Waals surface area contributed by atoms with Crippen LogP contribution in [0.5, 0.6) is 0 Å². The van der Waals surface area contributed by atoms with Gasteiger partial charge in [0.2, 0.25) is 5.91 Å². The summed E-state index contributed by atoms with van der Waals surface area (Å²) >= 11 is 0. The van der Waals surface area contributed by atoms with Gasteiger partial charge in [-0.15, -0.1) is 0 Å².